The van der Waals surface area contributed by atoms with Gasteiger partial charge in [0, 0.05) is 17.7 Å². The number of rotatable bonds is 3. The van der Waals surface area contributed by atoms with Crippen LogP contribution in [0.1, 0.15) is 6.92 Å². The van der Waals surface area contributed by atoms with Gasteiger partial charge in [-0.3, -0.25) is 4.79 Å². The van der Waals surface area contributed by atoms with Crippen molar-refractivity contribution in [2.75, 3.05) is 0 Å². The molecule has 3 aromatic rings. The van der Waals surface area contributed by atoms with Gasteiger partial charge in [-0.2, -0.15) is 0 Å². The normalized spacial score (nSPS) is 26.1. The highest BCUT2D eigenvalue weighted by Crippen LogP contribution is 2.36. The highest BCUT2D eigenvalue weighted by atomic mass is 16.7. The molecule has 2 aromatic carbocycles. The molecule has 0 bridgehead atoms. The van der Waals surface area contributed by atoms with Crippen LogP contribution in [0.5, 0.6) is 23.0 Å². The summed E-state index contributed by atoms with van der Waals surface area (Å²) in [5, 5.41) is 59.6. The fourth-order valence-electron chi connectivity index (χ4n) is 3.39. The second-order valence-electron chi connectivity index (χ2n) is 7.27. The third-order valence-corrected chi connectivity index (χ3v) is 5.11. The van der Waals surface area contributed by atoms with Gasteiger partial charge in [-0.25, -0.2) is 0 Å². The minimum Gasteiger partial charge on any atom is -0.508 e. The van der Waals surface area contributed by atoms with Crippen molar-refractivity contribution in [3.8, 4) is 34.3 Å². The lowest BCUT2D eigenvalue weighted by Crippen LogP contribution is -2.58. The largest absolute Gasteiger partial charge is 0.508 e. The fourth-order valence-corrected chi connectivity index (χ4v) is 3.39. The molecule has 0 unspecified atom stereocenters. The molecule has 10 nitrogen and oxygen atoms in total. The summed E-state index contributed by atoms with van der Waals surface area (Å²) in [5.41, 5.74) is -0.702. The van der Waals surface area contributed by atoms with Gasteiger partial charge >= 0.3 is 0 Å². The van der Waals surface area contributed by atoms with E-state index in [0.29, 0.717) is 5.56 Å². The van der Waals surface area contributed by atoms with Crippen LogP contribution in [0.25, 0.3) is 22.3 Å². The number of aromatic hydroxyl groups is 3. The Morgan fingerprint density at radius 2 is 1.61 bits per heavy atom. The van der Waals surface area contributed by atoms with E-state index in [-0.39, 0.29) is 28.2 Å². The van der Waals surface area contributed by atoms with Crippen LogP contribution in [0.2, 0.25) is 0 Å². The molecule has 5 atom stereocenters. The maximum Gasteiger partial charge on any atom is 0.238 e. The minimum atomic E-state index is -1.58. The number of aliphatic hydroxyl groups excluding tert-OH is 3. The van der Waals surface area contributed by atoms with Crippen molar-refractivity contribution >= 4 is 11.0 Å². The Kier molecular flexibility index (Phi) is 5.23. The molecule has 0 saturated carbocycles. The van der Waals surface area contributed by atoms with Gasteiger partial charge in [0.05, 0.1) is 6.10 Å². The summed E-state index contributed by atoms with van der Waals surface area (Å²) in [6.45, 7) is 1.49. The second kappa shape index (κ2) is 7.75. The first-order chi connectivity index (χ1) is 14.7. The van der Waals surface area contributed by atoms with E-state index in [0.717, 1.165) is 6.07 Å². The van der Waals surface area contributed by atoms with Crippen molar-refractivity contribution in [3.05, 3.63) is 46.6 Å². The standard InChI is InChI=1S/C21H20O10/c1-8-15(24)17(26)19(28)21(29-8)30-11-6-12(23)14-13(7-11)31-20(18(27)16(14)25)9-2-4-10(22)5-3-9/h2-8,15,17,19,21-24,26-28H,1H3/t8-,15+,17-,19-,21+/m1/s1. The molecule has 2 heterocycles. The molecule has 4 rings (SSSR count). The molecule has 0 amide bonds. The Morgan fingerprint density at radius 1 is 0.935 bits per heavy atom. The second-order valence-corrected chi connectivity index (χ2v) is 7.27. The van der Waals surface area contributed by atoms with Crippen molar-refractivity contribution in [2.45, 2.75) is 37.6 Å². The summed E-state index contributed by atoms with van der Waals surface area (Å²) in [5.74, 6) is -1.54. The van der Waals surface area contributed by atoms with Crippen LogP contribution < -0.4 is 10.2 Å². The van der Waals surface area contributed by atoms with Gasteiger partial charge in [-0.1, -0.05) is 0 Å². The predicted octanol–water partition coefficient (Wildman–Crippen LogP) is 0.783. The van der Waals surface area contributed by atoms with Crippen LogP contribution in [0.15, 0.2) is 45.6 Å². The van der Waals surface area contributed by atoms with E-state index in [9.17, 15) is 35.4 Å². The van der Waals surface area contributed by atoms with Crippen molar-refractivity contribution in [3.63, 3.8) is 0 Å². The van der Waals surface area contributed by atoms with Gasteiger partial charge in [-0.05, 0) is 31.2 Å². The maximum atomic E-state index is 12.6. The number of ether oxygens (including phenoxy) is 2. The molecule has 1 aromatic heterocycles. The zero-order valence-corrected chi connectivity index (χ0v) is 16.2. The van der Waals surface area contributed by atoms with E-state index >= 15 is 0 Å². The van der Waals surface area contributed by atoms with Crippen LogP contribution in [0, 0.1) is 0 Å². The summed E-state index contributed by atoms with van der Waals surface area (Å²) in [6.07, 6.45) is -6.62. The van der Waals surface area contributed by atoms with Crippen LogP contribution in [0.3, 0.4) is 0 Å². The molecule has 1 aliphatic heterocycles. The monoisotopic (exact) mass is 432 g/mol. The average molecular weight is 432 g/mol. The van der Waals surface area contributed by atoms with Crippen LogP contribution >= 0.6 is 0 Å². The number of fused-ring (bicyclic) bond motifs is 1. The van der Waals surface area contributed by atoms with E-state index < -0.39 is 47.6 Å². The van der Waals surface area contributed by atoms with E-state index in [4.69, 9.17) is 13.9 Å². The minimum absolute atomic E-state index is 0.0210. The lowest BCUT2D eigenvalue weighted by atomic mass is 10.00. The molecule has 1 saturated heterocycles. The number of phenolic OH excluding ortho intramolecular Hbond substituents is 2. The molecule has 31 heavy (non-hydrogen) atoms. The number of hydrogen-bond acceptors (Lipinski definition) is 10. The molecule has 164 valence electrons. The Balaban J connectivity index is 1.76. The summed E-state index contributed by atoms with van der Waals surface area (Å²) in [6, 6.07) is 7.87. The smallest absolute Gasteiger partial charge is 0.238 e. The molecule has 0 spiro atoms. The fraction of sp³-hybridized carbons (Fsp3) is 0.286. The first-order valence-corrected chi connectivity index (χ1v) is 9.36. The van der Waals surface area contributed by atoms with Gasteiger partial charge < -0.3 is 44.5 Å². The first kappa shape index (κ1) is 20.9. The van der Waals surface area contributed by atoms with Crippen molar-refractivity contribution < 1.29 is 44.5 Å². The molecule has 6 N–H and O–H groups in total. The highest BCUT2D eigenvalue weighted by molar-refractivity contribution is 5.88. The van der Waals surface area contributed by atoms with Crippen LogP contribution in [-0.2, 0) is 4.74 Å². The number of benzene rings is 2. The van der Waals surface area contributed by atoms with E-state index in [1.54, 1.807) is 0 Å². The lowest BCUT2D eigenvalue weighted by molar-refractivity contribution is -0.268. The number of hydrogen-bond donors (Lipinski definition) is 6. The van der Waals surface area contributed by atoms with E-state index in [1.165, 1.54) is 37.3 Å². The molecule has 1 aliphatic rings. The van der Waals surface area contributed by atoms with Crippen LogP contribution in [0.4, 0.5) is 0 Å². The van der Waals surface area contributed by atoms with Crippen molar-refractivity contribution in [1.82, 2.24) is 0 Å². The topological polar surface area (TPSA) is 170 Å². The Bertz CT molecular complexity index is 1170. The summed E-state index contributed by atoms with van der Waals surface area (Å²) in [7, 11) is 0. The third-order valence-electron chi connectivity index (χ3n) is 5.11. The number of phenols is 2. The predicted molar refractivity (Wildman–Crippen MR) is 106 cm³/mol. The highest BCUT2D eigenvalue weighted by Gasteiger charge is 2.43. The molecule has 0 radical (unpaired) electrons. The van der Waals surface area contributed by atoms with Gasteiger partial charge in [0.2, 0.25) is 17.5 Å². The summed E-state index contributed by atoms with van der Waals surface area (Å²) in [4.78, 5) is 12.6. The van der Waals surface area contributed by atoms with Crippen molar-refractivity contribution in [2.24, 2.45) is 0 Å². The lowest BCUT2D eigenvalue weighted by Gasteiger charge is -2.38. The molecular weight excluding hydrogens is 412 g/mol. The Hall–Kier alpha value is -3.31. The first-order valence-electron chi connectivity index (χ1n) is 9.36. The molecule has 10 heteroatoms. The average Bonchev–Trinajstić information content (AvgIpc) is 2.73. The zero-order valence-electron chi connectivity index (χ0n) is 16.2. The SMILES string of the molecule is C[C@H]1O[C@@H](Oc2cc(O)c3c(=O)c(O)c(-c4ccc(O)cc4)oc3c2)[C@H](O)[C@H](O)[C@H]1O. The maximum absolute atomic E-state index is 12.6. The Morgan fingerprint density at radius 3 is 2.29 bits per heavy atom. The van der Waals surface area contributed by atoms with Gasteiger partial charge in [0.25, 0.3) is 0 Å². The quantitative estimate of drug-likeness (QED) is 0.348. The van der Waals surface area contributed by atoms with E-state index in [2.05, 4.69) is 0 Å². The van der Waals surface area contributed by atoms with Gasteiger partial charge in [0.1, 0.15) is 46.5 Å². The Labute approximate surface area is 174 Å². The molecule has 0 aliphatic carbocycles. The number of aliphatic hydroxyl groups is 3. The summed E-state index contributed by atoms with van der Waals surface area (Å²) < 4.78 is 16.5. The van der Waals surface area contributed by atoms with Gasteiger partial charge in [0.15, 0.2) is 5.76 Å². The van der Waals surface area contributed by atoms with Gasteiger partial charge in [-0.15, -0.1) is 0 Å². The van der Waals surface area contributed by atoms with Crippen LogP contribution in [-0.4, -0.2) is 61.3 Å². The summed E-state index contributed by atoms with van der Waals surface area (Å²) >= 11 is 0. The van der Waals surface area contributed by atoms with Crippen molar-refractivity contribution in [1.29, 1.82) is 0 Å². The molecule has 1 fully saturated rings. The van der Waals surface area contributed by atoms with E-state index in [1.807, 2.05) is 0 Å². The zero-order chi connectivity index (χ0) is 22.4. The third kappa shape index (κ3) is 3.66. The molecular formula is C21H20O10.